The molecule has 0 aliphatic heterocycles. The lowest BCUT2D eigenvalue weighted by Crippen LogP contribution is -2.55. The molecule has 0 radical (unpaired) electrons. The fourth-order valence-electron chi connectivity index (χ4n) is 6.02. The Bertz CT molecular complexity index is 1090. The van der Waals surface area contributed by atoms with Crippen molar-refractivity contribution >= 4 is 17.9 Å². The van der Waals surface area contributed by atoms with Crippen LogP contribution in [0, 0.1) is 0 Å². The van der Waals surface area contributed by atoms with Crippen molar-refractivity contribution in [1.82, 2.24) is 0 Å². The van der Waals surface area contributed by atoms with Gasteiger partial charge >= 0.3 is 11.9 Å². The molecule has 0 N–H and O–H groups in total. The minimum atomic E-state index is -1.13. The predicted octanol–water partition coefficient (Wildman–Crippen LogP) is 10.5. The van der Waals surface area contributed by atoms with Crippen LogP contribution in [0.25, 0.3) is 0 Å². The van der Waals surface area contributed by atoms with Crippen LogP contribution < -0.4 is 5.11 Å². The van der Waals surface area contributed by atoms with E-state index in [2.05, 4.69) is 74.6 Å². The molecule has 8 nitrogen and oxygen atoms in total. The van der Waals surface area contributed by atoms with E-state index in [1.54, 1.807) is 21.1 Å². The van der Waals surface area contributed by atoms with Crippen molar-refractivity contribution in [2.45, 2.75) is 180 Å². The monoisotopic (exact) mass is 772 g/mol. The van der Waals surface area contributed by atoms with Gasteiger partial charge in [0.25, 0.3) is 0 Å². The summed E-state index contributed by atoms with van der Waals surface area (Å²) in [7, 11) is 5.39. The Hall–Kier alpha value is -2.97. The zero-order valence-corrected chi connectivity index (χ0v) is 35.8. The number of esters is 2. The second-order valence-electron chi connectivity index (χ2n) is 15.6. The normalized spacial score (nSPS) is 13.5. The van der Waals surface area contributed by atoms with E-state index >= 15 is 0 Å². The number of quaternary nitrogens is 1. The maximum absolute atomic E-state index is 12.7. The lowest BCUT2D eigenvalue weighted by Gasteiger charge is -2.34. The van der Waals surface area contributed by atoms with E-state index in [0.29, 0.717) is 19.3 Å². The number of likely N-dealkylation sites (N-methyl/N-ethyl adjacent to an activating group) is 1. The molecule has 0 amide bonds. The number of aliphatic carboxylic acids is 1. The lowest BCUT2D eigenvalue weighted by molar-refractivity contribution is -0.889. The van der Waals surface area contributed by atoms with Gasteiger partial charge in [-0.3, -0.25) is 9.59 Å². The molecule has 0 heterocycles. The van der Waals surface area contributed by atoms with Crippen LogP contribution in [0.4, 0.5) is 0 Å². The van der Waals surface area contributed by atoms with Crippen LogP contribution in [0.5, 0.6) is 0 Å². The van der Waals surface area contributed by atoms with Crippen LogP contribution in [0.1, 0.15) is 168 Å². The Kier molecular flexibility index (Phi) is 35.9. The third-order valence-corrected chi connectivity index (χ3v) is 9.42. The number of carboxylic acid groups (broad SMARTS) is 1. The minimum absolute atomic E-state index is 0.0251. The number of carbonyl (C=O) groups is 3. The highest BCUT2D eigenvalue weighted by molar-refractivity contribution is 5.70. The highest BCUT2D eigenvalue weighted by Gasteiger charge is 2.25. The van der Waals surface area contributed by atoms with E-state index in [9.17, 15) is 19.5 Å². The number of rotatable bonds is 38. The first kappa shape index (κ1) is 52.0. The number of allylic oxidation sites excluding steroid dienone is 10. The van der Waals surface area contributed by atoms with Crippen molar-refractivity contribution < 1.29 is 38.2 Å². The second-order valence-corrected chi connectivity index (χ2v) is 15.6. The molecule has 0 bridgehead atoms. The molecule has 55 heavy (non-hydrogen) atoms. The van der Waals surface area contributed by atoms with Crippen LogP contribution in [0.15, 0.2) is 60.8 Å². The Morgan fingerprint density at radius 2 is 1.07 bits per heavy atom. The standard InChI is InChI=1S/C47H81NO7/c1-6-8-10-12-14-16-18-20-21-22-23-24-25-26-28-30-32-34-36-38-46(50)55-43(41-53-40-39-44(47(51)52)48(3,4)5)42-54-45(49)37-35-33-31-29-27-19-17-15-13-11-9-7-2/h9,11,14-18,20,27,29,43-44H,6-8,10,12-13,19,21-26,28,30-42H2,1-5H3/b11-9+,16-14+,17-15+,20-18+,29-27+. The van der Waals surface area contributed by atoms with Gasteiger partial charge in [-0.05, 0) is 70.6 Å². The number of nitrogens with zero attached hydrogens (tertiary/aromatic N) is 1. The number of unbranched alkanes of at least 4 members (excludes halogenated alkanes) is 15. The number of hydrogen-bond acceptors (Lipinski definition) is 7. The third-order valence-electron chi connectivity index (χ3n) is 9.42. The molecule has 0 fully saturated rings. The Morgan fingerprint density at radius 3 is 1.65 bits per heavy atom. The second kappa shape index (κ2) is 37.9. The number of carbonyl (C=O) groups excluding carboxylic acids is 3. The topological polar surface area (TPSA) is 102 Å². The fraction of sp³-hybridized carbons (Fsp3) is 0.723. The van der Waals surface area contributed by atoms with E-state index in [0.717, 1.165) is 57.8 Å². The largest absolute Gasteiger partial charge is 0.544 e. The van der Waals surface area contributed by atoms with Crippen LogP contribution in [0.3, 0.4) is 0 Å². The van der Waals surface area contributed by atoms with Gasteiger partial charge in [0.05, 0.1) is 40.3 Å². The van der Waals surface area contributed by atoms with E-state index in [1.807, 2.05) is 0 Å². The smallest absolute Gasteiger partial charge is 0.306 e. The summed E-state index contributed by atoms with van der Waals surface area (Å²) >= 11 is 0. The van der Waals surface area contributed by atoms with Crippen molar-refractivity contribution in [3.63, 3.8) is 0 Å². The Balaban J connectivity index is 4.37. The molecule has 0 aromatic carbocycles. The maximum Gasteiger partial charge on any atom is 0.306 e. The predicted molar refractivity (Wildman–Crippen MR) is 226 cm³/mol. The molecule has 0 rings (SSSR count). The van der Waals surface area contributed by atoms with E-state index in [1.165, 1.54) is 70.6 Å². The summed E-state index contributed by atoms with van der Waals surface area (Å²) in [5.41, 5.74) is 0. The Morgan fingerprint density at radius 1 is 0.582 bits per heavy atom. The van der Waals surface area contributed by atoms with Gasteiger partial charge in [-0.15, -0.1) is 0 Å². The summed E-state index contributed by atoms with van der Waals surface area (Å²) in [6, 6.07) is -0.733. The van der Waals surface area contributed by atoms with Gasteiger partial charge in [-0.1, -0.05) is 139 Å². The molecular formula is C47H81NO7. The molecule has 2 atom stereocenters. The SMILES string of the molecule is CC/C=C/C/C=C/C/C=C/CCCCC(=O)OCC(COCCC(C(=O)[O-])[N+](C)(C)C)OC(=O)CCCCCCCCCCCC/C=C/C=C/CCCCC. The molecule has 316 valence electrons. The molecular weight excluding hydrogens is 691 g/mol. The number of hydrogen-bond donors (Lipinski definition) is 0. The average Bonchev–Trinajstić information content (AvgIpc) is 3.14. The highest BCUT2D eigenvalue weighted by atomic mass is 16.6. The van der Waals surface area contributed by atoms with Gasteiger partial charge in [0.15, 0.2) is 6.10 Å². The number of carboxylic acids is 1. The van der Waals surface area contributed by atoms with Crippen LogP contribution in [-0.4, -0.2) is 75.5 Å². The van der Waals surface area contributed by atoms with Crippen molar-refractivity contribution in [1.29, 1.82) is 0 Å². The first-order valence-electron chi connectivity index (χ1n) is 21.8. The average molecular weight is 772 g/mol. The summed E-state index contributed by atoms with van der Waals surface area (Å²) in [6.45, 7) is 4.46. The van der Waals surface area contributed by atoms with Crippen LogP contribution in [0.2, 0.25) is 0 Å². The summed E-state index contributed by atoms with van der Waals surface area (Å²) in [4.78, 5) is 36.8. The van der Waals surface area contributed by atoms with Gasteiger partial charge < -0.3 is 28.6 Å². The van der Waals surface area contributed by atoms with E-state index in [-0.39, 0.29) is 42.7 Å². The molecule has 0 saturated heterocycles. The molecule has 0 aromatic rings. The van der Waals surface area contributed by atoms with Crippen molar-refractivity contribution in [2.75, 3.05) is 41.0 Å². The zero-order chi connectivity index (χ0) is 40.7. The Labute approximate surface area is 337 Å². The summed E-state index contributed by atoms with van der Waals surface area (Å²) in [6.07, 6.45) is 45.3. The van der Waals surface area contributed by atoms with Gasteiger partial charge in [-0.2, -0.15) is 0 Å². The fourth-order valence-corrected chi connectivity index (χ4v) is 6.02. The molecule has 0 spiro atoms. The van der Waals surface area contributed by atoms with Gasteiger partial charge in [0, 0.05) is 19.3 Å². The zero-order valence-electron chi connectivity index (χ0n) is 35.8. The summed E-state index contributed by atoms with van der Waals surface area (Å²) < 4.78 is 17.1. The highest BCUT2D eigenvalue weighted by Crippen LogP contribution is 2.14. The van der Waals surface area contributed by atoms with Crippen molar-refractivity contribution in [3.8, 4) is 0 Å². The molecule has 0 aromatic heterocycles. The quantitative estimate of drug-likeness (QED) is 0.0202. The summed E-state index contributed by atoms with van der Waals surface area (Å²) in [5, 5.41) is 11.6. The molecule has 0 aliphatic rings. The summed E-state index contributed by atoms with van der Waals surface area (Å²) in [5.74, 6) is -1.80. The van der Waals surface area contributed by atoms with Crippen LogP contribution >= 0.6 is 0 Å². The molecule has 0 saturated carbocycles. The minimum Gasteiger partial charge on any atom is -0.544 e. The van der Waals surface area contributed by atoms with Crippen molar-refractivity contribution in [2.24, 2.45) is 0 Å². The van der Waals surface area contributed by atoms with E-state index in [4.69, 9.17) is 14.2 Å². The van der Waals surface area contributed by atoms with E-state index < -0.39 is 18.1 Å². The molecule has 0 aliphatic carbocycles. The first-order chi connectivity index (χ1) is 26.6. The van der Waals surface area contributed by atoms with Gasteiger partial charge in [0.2, 0.25) is 0 Å². The molecule has 2 unspecified atom stereocenters. The van der Waals surface area contributed by atoms with Crippen LogP contribution in [-0.2, 0) is 28.6 Å². The number of ether oxygens (including phenoxy) is 3. The third kappa shape index (κ3) is 36.4. The van der Waals surface area contributed by atoms with Gasteiger partial charge in [-0.25, -0.2) is 0 Å². The lowest BCUT2D eigenvalue weighted by atomic mass is 10.1. The maximum atomic E-state index is 12.7. The van der Waals surface area contributed by atoms with Crippen molar-refractivity contribution in [3.05, 3.63) is 60.8 Å². The molecule has 8 heteroatoms. The van der Waals surface area contributed by atoms with Gasteiger partial charge in [0.1, 0.15) is 12.6 Å². The first-order valence-corrected chi connectivity index (χ1v) is 21.8.